The Balaban J connectivity index is 2.86. The lowest BCUT2D eigenvalue weighted by atomic mass is 9.93. The smallest absolute Gasteiger partial charge is 0.326 e. The highest BCUT2D eigenvalue weighted by molar-refractivity contribution is 5.82. The lowest BCUT2D eigenvalue weighted by Gasteiger charge is -2.38. The second-order valence-corrected chi connectivity index (χ2v) is 5.01. The normalized spacial score (nSPS) is 18.2. The minimum atomic E-state index is -0.932. The molecular formula is C13H24N2O3. The molecule has 0 aromatic heterocycles. The van der Waals surface area contributed by atoms with Crippen molar-refractivity contribution in [3.05, 3.63) is 0 Å². The van der Waals surface area contributed by atoms with Gasteiger partial charge in [0.15, 0.2) is 0 Å². The molecule has 5 heteroatoms. The molecule has 2 amide bonds. The minimum absolute atomic E-state index is 0.0753. The Hall–Kier alpha value is -1.26. The summed E-state index contributed by atoms with van der Waals surface area (Å²) < 4.78 is 0. The summed E-state index contributed by atoms with van der Waals surface area (Å²) in [5.41, 5.74) is 0. The molecule has 5 nitrogen and oxygen atoms in total. The van der Waals surface area contributed by atoms with Crippen LogP contribution in [0.3, 0.4) is 0 Å². The van der Waals surface area contributed by atoms with E-state index in [1.807, 2.05) is 6.92 Å². The van der Waals surface area contributed by atoms with Crippen molar-refractivity contribution in [1.82, 2.24) is 9.80 Å². The number of carbonyl (C=O) groups is 2. The molecular weight excluding hydrogens is 232 g/mol. The molecule has 0 radical (unpaired) electrons. The molecule has 0 spiro atoms. The first kappa shape index (κ1) is 14.8. The second kappa shape index (κ2) is 6.61. The number of carbonyl (C=O) groups excluding carboxylic acids is 1. The number of carboxylic acid groups (broad SMARTS) is 1. The van der Waals surface area contributed by atoms with E-state index in [0.29, 0.717) is 6.54 Å². The average Bonchev–Trinajstić information content (AvgIpc) is 2.38. The molecule has 1 atom stereocenters. The van der Waals surface area contributed by atoms with Crippen molar-refractivity contribution in [2.24, 2.45) is 0 Å². The fourth-order valence-electron chi connectivity index (χ4n) is 2.45. The summed E-state index contributed by atoms with van der Waals surface area (Å²) in [4.78, 5) is 26.6. The van der Waals surface area contributed by atoms with Crippen molar-refractivity contribution >= 4 is 12.0 Å². The predicted molar refractivity (Wildman–Crippen MR) is 69.5 cm³/mol. The third kappa shape index (κ3) is 3.37. The van der Waals surface area contributed by atoms with Gasteiger partial charge in [-0.1, -0.05) is 19.3 Å². The molecule has 1 aliphatic rings. The van der Waals surface area contributed by atoms with Crippen LogP contribution in [0.15, 0.2) is 0 Å². The van der Waals surface area contributed by atoms with Crippen LogP contribution in [0.2, 0.25) is 0 Å². The van der Waals surface area contributed by atoms with Gasteiger partial charge in [-0.3, -0.25) is 0 Å². The van der Waals surface area contributed by atoms with Gasteiger partial charge >= 0.3 is 12.0 Å². The summed E-state index contributed by atoms with van der Waals surface area (Å²) in [6.07, 6.45) is 5.18. The molecule has 1 unspecified atom stereocenters. The molecule has 0 aliphatic heterocycles. The Morgan fingerprint density at radius 2 is 1.83 bits per heavy atom. The van der Waals surface area contributed by atoms with Crippen LogP contribution in [-0.2, 0) is 4.79 Å². The van der Waals surface area contributed by atoms with Crippen LogP contribution in [-0.4, -0.2) is 52.6 Å². The van der Waals surface area contributed by atoms with E-state index in [1.54, 1.807) is 23.8 Å². The summed E-state index contributed by atoms with van der Waals surface area (Å²) in [5.74, 6) is -0.932. The second-order valence-electron chi connectivity index (χ2n) is 5.01. The van der Waals surface area contributed by atoms with Crippen molar-refractivity contribution < 1.29 is 14.7 Å². The van der Waals surface area contributed by atoms with Crippen LogP contribution in [0.5, 0.6) is 0 Å². The molecule has 1 rings (SSSR count). The van der Waals surface area contributed by atoms with Crippen LogP contribution >= 0.6 is 0 Å². The molecule has 1 aliphatic carbocycles. The maximum Gasteiger partial charge on any atom is 0.326 e. The maximum atomic E-state index is 12.3. The van der Waals surface area contributed by atoms with Crippen molar-refractivity contribution in [2.45, 2.75) is 58.0 Å². The third-order valence-corrected chi connectivity index (χ3v) is 3.76. The highest BCUT2D eigenvalue weighted by atomic mass is 16.4. The van der Waals surface area contributed by atoms with Gasteiger partial charge in [-0.05, 0) is 26.7 Å². The van der Waals surface area contributed by atoms with Crippen LogP contribution in [0.25, 0.3) is 0 Å². The lowest BCUT2D eigenvalue weighted by molar-refractivity contribution is -0.142. The standard InChI is InChI=1S/C13H24N2O3/c1-4-14(3)13(18)15(10(2)12(16)17)11-8-6-5-7-9-11/h10-11H,4-9H2,1-3H3,(H,16,17). The number of nitrogens with zero attached hydrogens (tertiary/aromatic N) is 2. The Kier molecular flexibility index (Phi) is 5.44. The topological polar surface area (TPSA) is 60.9 Å². The van der Waals surface area contributed by atoms with Gasteiger partial charge in [0.2, 0.25) is 0 Å². The molecule has 1 saturated carbocycles. The summed E-state index contributed by atoms with van der Waals surface area (Å²) >= 11 is 0. The molecule has 0 saturated heterocycles. The maximum absolute atomic E-state index is 12.3. The van der Waals surface area contributed by atoms with Gasteiger partial charge in [0, 0.05) is 19.6 Å². The minimum Gasteiger partial charge on any atom is -0.480 e. The Labute approximate surface area is 109 Å². The SMILES string of the molecule is CCN(C)C(=O)N(C1CCCCC1)C(C)C(=O)O. The Morgan fingerprint density at radius 3 is 2.28 bits per heavy atom. The largest absolute Gasteiger partial charge is 0.480 e. The number of carboxylic acids is 1. The van der Waals surface area contributed by atoms with E-state index in [9.17, 15) is 14.7 Å². The van der Waals surface area contributed by atoms with Crippen molar-refractivity contribution in [1.29, 1.82) is 0 Å². The Bertz CT molecular complexity index is 301. The number of rotatable bonds is 4. The van der Waals surface area contributed by atoms with Gasteiger partial charge < -0.3 is 14.9 Å². The number of urea groups is 1. The zero-order chi connectivity index (χ0) is 13.7. The Morgan fingerprint density at radius 1 is 1.28 bits per heavy atom. The van der Waals surface area contributed by atoms with E-state index >= 15 is 0 Å². The van der Waals surface area contributed by atoms with E-state index in [1.165, 1.54) is 6.42 Å². The fraction of sp³-hybridized carbons (Fsp3) is 0.846. The number of amides is 2. The number of hydrogen-bond acceptors (Lipinski definition) is 2. The monoisotopic (exact) mass is 256 g/mol. The molecule has 0 heterocycles. The summed E-state index contributed by atoms with van der Waals surface area (Å²) in [5, 5.41) is 9.17. The van der Waals surface area contributed by atoms with Gasteiger partial charge in [-0.25, -0.2) is 9.59 Å². The molecule has 0 aromatic carbocycles. The van der Waals surface area contributed by atoms with Crippen LogP contribution < -0.4 is 0 Å². The molecule has 18 heavy (non-hydrogen) atoms. The van der Waals surface area contributed by atoms with E-state index in [-0.39, 0.29) is 12.1 Å². The summed E-state index contributed by atoms with van der Waals surface area (Å²) in [7, 11) is 1.72. The van der Waals surface area contributed by atoms with Gasteiger partial charge in [0.1, 0.15) is 6.04 Å². The first-order valence-corrected chi connectivity index (χ1v) is 6.75. The van der Waals surface area contributed by atoms with Crippen LogP contribution in [0.1, 0.15) is 46.0 Å². The molecule has 104 valence electrons. The average molecular weight is 256 g/mol. The lowest BCUT2D eigenvalue weighted by Crippen LogP contribution is -2.54. The van der Waals surface area contributed by atoms with Crippen molar-refractivity contribution in [3.63, 3.8) is 0 Å². The van der Waals surface area contributed by atoms with Crippen molar-refractivity contribution in [3.8, 4) is 0 Å². The summed E-state index contributed by atoms with van der Waals surface area (Å²) in [6, 6.07) is -0.847. The number of hydrogen-bond donors (Lipinski definition) is 1. The zero-order valence-corrected chi connectivity index (χ0v) is 11.6. The fourth-order valence-corrected chi connectivity index (χ4v) is 2.45. The molecule has 0 bridgehead atoms. The van der Waals surface area contributed by atoms with Crippen molar-refractivity contribution in [2.75, 3.05) is 13.6 Å². The molecule has 0 aromatic rings. The van der Waals surface area contributed by atoms with Crippen LogP contribution in [0.4, 0.5) is 4.79 Å². The first-order chi connectivity index (χ1) is 8.49. The number of aliphatic carboxylic acids is 1. The highest BCUT2D eigenvalue weighted by Crippen LogP contribution is 2.25. The molecule has 1 N–H and O–H groups in total. The van der Waals surface area contributed by atoms with Gasteiger partial charge in [-0.2, -0.15) is 0 Å². The van der Waals surface area contributed by atoms with Gasteiger partial charge in [0.25, 0.3) is 0 Å². The first-order valence-electron chi connectivity index (χ1n) is 6.75. The zero-order valence-electron chi connectivity index (χ0n) is 11.6. The van der Waals surface area contributed by atoms with Gasteiger partial charge in [-0.15, -0.1) is 0 Å². The van der Waals surface area contributed by atoms with Gasteiger partial charge in [0.05, 0.1) is 0 Å². The predicted octanol–water partition coefficient (Wildman–Crippen LogP) is 2.17. The van der Waals surface area contributed by atoms with Crippen LogP contribution in [0, 0.1) is 0 Å². The molecule has 1 fully saturated rings. The highest BCUT2D eigenvalue weighted by Gasteiger charge is 2.34. The van der Waals surface area contributed by atoms with E-state index in [2.05, 4.69) is 0 Å². The van der Waals surface area contributed by atoms with E-state index < -0.39 is 12.0 Å². The quantitative estimate of drug-likeness (QED) is 0.838. The van der Waals surface area contributed by atoms with E-state index in [4.69, 9.17) is 0 Å². The summed E-state index contributed by atoms with van der Waals surface area (Å²) in [6.45, 7) is 4.08. The third-order valence-electron chi connectivity index (χ3n) is 3.76. The van der Waals surface area contributed by atoms with E-state index in [0.717, 1.165) is 25.7 Å².